The zero-order chi connectivity index (χ0) is 15.1. The molecular formula is C14H25N3O4. The second kappa shape index (κ2) is 8.19. The maximum absolute atomic E-state index is 12.0. The molecule has 2 amide bonds. The molecule has 0 bridgehead atoms. The van der Waals surface area contributed by atoms with Gasteiger partial charge in [0.1, 0.15) is 0 Å². The molecule has 0 aromatic rings. The number of nitrogens with one attached hydrogen (secondary N) is 2. The van der Waals surface area contributed by atoms with Crippen LogP contribution in [0.3, 0.4) is 0 Å². The normalized spacial score (nSPS) is 23.7. The Kier molecular flexibility index (Phi) is 6.25. The fourth-order valence-corrected chi connectivity index (χ4v) is 2.68. The van der Waals surface area contributed by atoms with Crippen molar-refractivity contribution in [1.29, 1.82) is 0 Å². The van der Waals surface area contributed by atoms with E-state index < -0.39 is 0 Å². The van der Waals surface area contributed by atoms with E-state index in [0.29, 0.717) is 39.3 Å². The van der Waals surface area contributed by atoms with Gasteiger partial charge in [-0.15, -0.1) is 0 Å². The summed E-state index contributed by atoms with van der Waals surface area (Å²) in [4.78, 5) is 25.3. The number of amides is 2. The lowest BCUT2D eigenvalue weighted by Gasteiger charge is -2.32. The lowest BCUT2D eigenvalue weighted by atomic mass is 10.0. The van der Waals surface area contributed by atoms with Crippen LogP contribution in [0.2, 0.25) is 0 Å². The number of hydrogen-bond acceptors (Lipinski definition) is 5. The molecule has 0 spiro atoms. The van der Waals surface area contributed by atoms with Crippen LogP contribution in [0.5, 0.6) is 0 Å². The van der Waals surface area contributed by atoms with Gasteiger partial charge in [0.05, 0.1) is 19.8 Å². The van der Waals surface area contributed by atoms with Gasteiger partial charge >= 0.3 is 6.09 Å². The summed E-state index contributed by atoms with van der Waals surface area (Å²) in [5, 5.41) is 6.31. The fraction of sp³-hybridized carbons (Fsp3) is 0.857. The van der Waals surface area contributed by atoms with Gasteiger partial charge in [0.2, 0.25) is 5.91 Å². The summed E-state index contributed by atoms with van der Waals surface area (Å²) in [7, 11) is 0. The highest BCUT2D eigenvalue weighted by Crippen LogP contribution is 2.12. The smallest absolute Gasteiger partial charge is 0.409 e. The molecule has 1 atom stereocenters. The van der Waals surface area contributed by atoms with Gasteiger partial charge in [-0.05, 0) is 19.8 Å². The third-order valence-electron chi connectivity index (χ3n) is 3.82. The Balaban J connectivity index is 1.65. The number of hydrogen-bond donors (Lipinski definition) is 2. The summed E-state index contributed by atoms with van der Waals surface area (Å²) in [5.41, 5.74) is 0. The summed E-state index contributed by atoms with van der Waals surface area (Å²) < 4.78 is 10.3. The maximum atomic E-state index is 12.0. The standard InChI is InChI=1S/C14H25N3O4/c1-2-21-14(19)17-6-3-11(4-7-17)16-13(18)9-12-10-20-8-5-15-12/h11-12,15H,2-10H2,1H3,(H,16,18). The van der Waals surface area contributed by atoms with Crippen LogP contribution in [0.1, 0.15) is 26.2 Å². The van der Waals surface area contributed by atoms with E-state index in [1.54, 1.807) is 11.8 Å². The third kappa shape index (κ3) is 5.17. The Bertz CT molecular complexity index is 350. The molecule has 2 saturated heterocycles. The molecule has 0 aliphatic carbocycles. The van der Waals surface area contributed by atoms with Gasteiger partial charge < -0.3 is 25.0 Å². The van der Waals surface area contributed by atoms with Crippen molar-refractivity contribution < 1.29 is 19.1 Å². The highest BCUT2D eigenvalue weighted by molar-refractivity contribution is 5.77. The quantitative estimate of drug-likeness (QED) is 0.770. The van der Waals surface area contributed by atoms with Crippen molar-refractivity contribution >= 4 is 12.0 Å². The molecule has 0 saturated carbocycles. The number of nitrogens with zero attached hydrogens (tertiary/aromatic N) is 1. The molecule has 0 aromatic carbocycles. The molecule has 2 aliphatic heterocycles. The Morgan fingerprint density at radius 3 is 2.76 bits per heavy atom. The average molecular weight is 299 g/mol. The van der Waals surface area contributed by atoms with E-state index in [4.69, 9.17) is 9.47 Å². The van der Waals surface area contributed by atoms with E-state index in [-0.39, 0.29) is 24.1 Å². The van der Waals surface area contributed by atoms with Crippen molar-refractivity contribution in [2.45, 2.75) is 38.3 Å². The second-order valence-corrected chi connectivity index (χ2v) is 5.46. The topological polar surface area (TPSA) is 79.9 Å². The summed E-state index contributed by atoms with van der Waals surface area (Å²) in [6.45, 7) is 5.57. The molecule has 7 nitrogen and oxygen atoms in total. The van der Waals surface area contributed by atoms with Crippen LogP contribution in [0.4, 0.5) is 4.79 Å². The van der Waals surface area contributed by atoms with Gasteiger partial charge in [0.25, 0.3) is 0 Å². The van der Waals surface area contributed by atoms with Crippen LogP contribution < -0.4 is 10.6 Å². The van der Waals surface area contributed by atoms with Crippen LogP contribution in [0.15, 0.2) is 0 Å². The number of ether oxygens (including phenoxy) is 2. The Morgan fingerprint density at radius 1 is 1.38 bits per heavy atom. The van der Waals surface area contributed by atoms with Crippen molar-refractivity contribution in [1.82, 2.24) is 15.5 Å². The van der Waals surface area contributed by atoms with Crippen molar-refractivity contribution in [2.75, 3.05) is 39.5 Å². The SMILES string of the molecule is CCOC(=O)N1CCC(NC(=O)CC2COCCN2)CC1. The zero-order valence-electron chi connectivity index (χ0n) is 12.6. The third-order valence-corrected chi connectivity index (χ3v) is 3.82. The van der Waals surface area contributed by atoms with Gasteiger partial charge in [-0.3, -0.25) is 4.79 Å². The van der Waals surface area contributed by atoms with Gasteiger partial charge in [-0.25, -0.2) is 4.79 Å². The summed E-state index contributed by atoms with van der Waals surface area (Å²) in [6, 6.07) is 0.256. The van der Waals surface area contributed by atoms with Crippen LogP contribution in [-0.2, 0) is 14.3 Å². The Morgan fingerprint density at radius 2 is 2.14 bits per heavy atom. The van der Waals surface area contributed by atoms with Crippen molar-refractivity contribution in [3.8, 4) is 0 Å². The molecule has 2 rings (SSSR count). The van der Waals surface area contributed by atoms with Gasteiger partial charge in [-0.2, -0.15) is 0 Å². The van der Waals surface area contributed by atoms with Crippen LogP contribution in [0, 0.1) is 0 Å². The molecule has 2 N–H and O–H groups in total. The highest BCUT2D eigenvalue weighted by Gasteiger charge is 2.25. The molecule has 0 radical (unpaired) electrons. The van der Waals surface area contributed by atoms with Crippen LogP contribution in [0.25, 0.3) is 0 Å². The lowest BCUT2D eigenvalue weighted by Crippen LogP contribution is -2.49. The van der Waals surface area contributed by atoms with E-state index in [1.807, 2.05) is 0 Å². The number of carbonyl (C=O) groups excluding carboxylic acids is 2. The summed E-state index contributed by atoms with van der Waals surface area (Å²) in [5.74, 6) is 0.0487. The Hall–Kier alpha value is -1.34. The van der Waals surface area contributed by atoms with Crippen molar-refractivity contribution in [3.05, 3.63) is 0 Å². The minimum absolute atomic E-state index is 0.0487. The molecule has 2 fully saturated rings. The average Bonchev–Trinajstić information content (AvgIpc) is 2.49. The zero-order valence-corrected chi connectivity index (χ0v) is 12.6. The molecule has 2 aliphatic rings. The van der Waals surface area contributed by atoms with E-state index in [1.165, 1.54) is 0 Å². The second-order valence-electron chi connectivity index (χ2n) is 5.46. The Labute approximate surface area is 125 Å². The number of rotatable bonds is 4. The van der Waals surface area contributed by atoms with E-state index in [0.717, 1.165) is 19.4 Å². The molecule has 21 heavy (non-hydrogen) atoms. The molecule has 1 unspecified atom stereocenters. The van der Waals surface area contributed by atoms with Crippen LogP contribution >= 0.6 is 0 Å². The highest BCUT2D eigenvalue weighted by atomic mass is 16.6. The minimum atomic E-state index is -0.258. The fourth-order valence-electron chi connectivity index (χ4n) is 2.68. The summed E-state index contributed by atoms with van der Waals surface area (Å²) >= 11 is 0. The van der Waals surface area contributed by atoms with E-state index in [2.05, 4.69) is 10.6 Å². The first-order chi connectivity index (χ1) is 10.2. The first-order valence-corrected chi connectivity index (χ1v) is 7.71. The number of morpholine rings is 1. The molecule has 120 valence electrons. The number of carbonyl (C=O) groups is 2. The molecule has 2 heterocycles. The van der Waals surface area contributed by atoms with E-state index >= 15 is 0 Å². The summed E-state index contributed by atoms with van der Waals surface area (Å²) in [6.07, 6.45) is 1.74. The monoisotopic (exact) mass is 299 g/mol. The predicted octanol–water partition coefficient (Wildman–Crippen LogP) is 0.102. The van der Waals surface area contributed by atoms with Crippen molar-refractivity contribution in [2.24, 2.45) is 0 Å². The van der Waals surface area contributed by atoms with Gasteiger partial charge in [0, 0.05) is 38.1 Å². The first kappa shape index (κ1) is 16.0. The molecule has 7 heteroatoms. The number of piperidine rings is 1. The minimum Gasteiger partial charge on any atom is -0.450 e. The van der Waals surface area contributed by atoms with Gasteiger partial charge in [0.15, 0.2) is 0 Å². The predicted molar refractivity (Wildman–Crippen MR) is 77.0 cm³/mol. The van der Waals surface area contributed by atoms with Gasteiger partial charge in [-0.1, -0.05) is 0 Å². The molecular weight excluding hydrogens is 274 g/mol. The molecule has 0 aromatic heterocycles. The number of likely N-dealkylation sites (tertiary alicyclic amines) is 1. The maximum Gasteiger partial charge on any atom is 0.409 e. The largest absolute Gasteiger partial charge is 0.450 e. The first-order valence-electron chi connectivity index (χ1n) is 7.71. The van der Waals surface area contributed by atoms with E-state index in [9.17, 15) is 9.59 Å². The van der Waals surface area contributed by atoms with Crippen molar-refractivity contribution in [3.63, 3.8) is 0 Å². The lowest BCUT2D eigenvalue weighted by molar-refractivity contribution is -0.123. The van der Waals surface area contributed by atoms with Crippen LogP contribution in [-0.4, -0.2) is 68.4 Å².